The normalized spacial score (nSPS) is 16.5. The van der Waals surface area contributed by atoms with E-state index in [0.29, 0.717) is 29.9 Å². The number of nitrogens with one attached hydrogen (secondary N) is 3. The number of benzene rings is 1. The minimum atomic E-state index is -0.737. The highest BCUT2D eigenvalue weighted by Gasteiger charge is 2.36. The maximum atomic E-state index is 12.6. The number of urea groups is 1. The van der Waals surface area contributed by atoms with Gasteiger partial charge in [0.2, 0.25) is 0 Å². The number of carbonyl (C=O) groups excluding carboxylic acids is 2. The molecule has 0 radical (unpaired) electrons. The third-order valence-electron chi connectivity index (χ3n) is 4.39. The van der Waals surface area contributed by atoms with Crippen LogP contribution in [-0.2, 0) is 6.42 Å². The summed E-state index contributed by atoms with van der Waals surface area (Å²) in [6, 6.07) is 8.55. The van der Waals surface area contributed by atoms with Crippen LogP contribution < -0.4 is 22.0 Å². The van der Waals surface area contributed by atoms with E-state index in [1.165, 1.54) is 0 Å². The molecule has 0 aliphatic heterocycles. The number of rotatable bonds is 4. The number of hydrogen-bond donors (Lipinski definition) is 4. The van der Waals surface area contributed by atoms with Crippen molar-refractivity contribution < 1.29 is 14.0 Å². The second-order valence-electron chi connectivity index (χ2n) is 7.35. The van der Waals surface area contributed by atoms with E-state index in [4.69, 9.17) is 10.2 Å². The summed E-state index contributed by atoms with van der Waals surface area (Å²) < 4.78 is 5.88. The first-order valence-electron chi connectivity index (χ1n) is 8.63. The van der Waals surface area contributed by atoms with Crippen LogP contribution in [0.5, 0.6) is 0 Å². The van der Waals surface area contributed by atoms with Gasteiger partial charge in [0.15, 0.2) is 5.76 Å². The number of para-hydroxylation sites is 1. The highest BCUT2D eigenvalue weighted by atomic mass is 16.4. The summed E-state index contributed by atoms with van der Waals surface area (Å²) in [6.45, 7) is 5.95. The van der Waals surface area contributed by atoms with Crippen LogP contribution >= 0.6 is 0 Å². The molecule has 1 aliphatic rings. The van der Waals surface area contributed by atoms with Crippen LogP contribution in [0.1, 0.15) is 47.7 Å². The fraction of sp³-hybridized carbons (Fsp3) is 0.316. The molecule has 1 aliphatic carbocycles. The Morgan fingerprint density at radius 3 is 2.56 bits per heavy atom. The summed E-state index contributed by atoms with van der Waals surface area (Å²) in [5.41, 5.74) is 15.6. The number of hydrazine groups is 1. The van der Waals surface area contributed by atoms with Gasteiger partial charge < -0.3 is 10.2 Å². The van der Waals surface area contributed by atoms with Crippen molar-refractivity contribution >= 4 is 23.3 Å². The number of primary amides is 1. The molecule has 0 atom stereocenters. The van der Waals surface area contributed by atoms with E-state index in [1.807, 2.05) is 30.3 Å². The van der Waals surface area contributed by atoms with E-state index in [1.54, 1.807) is 6.92 Å². The van der Waals surface area contributed by atoms with Crippen molar-refractivity contribution in [2.45, 2.75) is 33.6 Å². The molecular weight excluding hydrogens is 346 g/mol. The number of hydrogen-bond acceptors (Lipinski definition) is 5. The van der Waals surface area contributed by atoms with Gasteiger partial charge in [0.1, 0.15) is 5.76 Å². The van der Waals surface area contributed by atoms with E-state index in [2.05, 4.69) is 35.2 Å². The monoisotopic (exact) mass is 369 g/mol. The lowest BCUT2D eigenvalue weighted by atomic mass is 9.75. The van der Waals surface area contributed by atoms with Gasteiger partial charge in [-0.3, -0.25) is 15.6 Å². The van der Waals surface area contributed by atoms with E-state index in [-0.39, 0.29) is 17.1 Å². The van der Waals surface area contributed by atoms with Crippen LogP contribution in [0.4, 0.5) is 10.5 Å². The summed E-state index contributed by atoms with van der Waals surface area (Å²) >= 11 is 0. The molecule has 8 nitrogen and oxygen atoms in total. The molecule has 1 aromatic carbocycles. The zero-order valence-electron chi connectivity index (χ0n) is 15.6. The smallest absolute Gasteiger partial charge is 0.332 e. The quantitative estimate of drug-likeness (QED) is 0.619. The molecule has 27 heavy (non-hydrogen) atoms. The molecule has 1 heterocycles. The number of nitrogens with zero attached hydrogens (tertiary/aromatic N) is 1. The lowest BCUT2D eigenvalue weighted by Gasteiger charge is -2.29. The second kappa shape index (κ2) is 7.14. The Hall–Kier alpha value is -3.29. The highest BCUT2D eigenvalue weighted by Crippen LogP contribution is 2.38. The lowest BCUT2D eigenvalue weighted by Crippen LogP contribution is -2.31. The summed E-state index contributed by atoms with van der Waals surface area (Å²) in [6.07, 6.45) is 1.29. The molecule has 0 saturated heterocycles. The molecule has 142 valence electrons. The number of amides is 3. The number of anilines is 1. The van der Waals surface area contributed by atoms with Crippen molar-refractivity contribution in [1.29, 1.82) is 0 Å². The maximum Gasteiger partial charge on any atom is 0.332 e. The summed E-state index contributed by atoms with van der Waals surface area (Å²) in [4.78, 5) is 23.6. The fourth-order valence-electron chi connectivity index (χ4n) is 3.26. The van der Waals surface area contributed by atoms with Gasteiger partial charge in [-0.05, 0) is 30.9 Å². The Morgan fingerprint density at radius 2 is 1.89 bits per heavy atom. The first kappa shape index (κ1) is 18.5. The molecule has 2 aromatic rings. The summed E-state index contributed by atoms with van der Waals surface area (Å²) in [5.74, 6) is 0.511. The molecule has 0 bridgehead atoms. The second-order valence-corrected chi connectivity index (χ2v) is 7.35. The number of hydrazone groups is 1. The SMILES string of the molecule is Cc1c(C(=O)NNc2ccccc2)oc2c1/C(=N\NC(N)=O)CC(C)(C)C2. The van der Waals surface area contributed by atoms with Gasteiger partial charge in [0.05, 0.1) is 11.4 Å². The van der Waals surface area contributed by atoms with Crippen molar-refractivity contribution in [2.75, 3.05) is 5.43 Å². The molecule has 3 rings (SSSR count). The molecule has 8 heteroatoms. The Morgan fingerprint density at radius 1 is 1.19 bits per heavy atom. The van der Waals surface area contributed by atoms with Crippen LogP contribution in [-0.4, -0.2) is 17.6 Å². The van der Waals surface area contributed by atoms with Gasteiger partial charge in [-0.25, -0.2) is 10.2 Å². The van der Waals surface area contributed by atoms with Gasteiger partial charge >= 0.3 is 11.9 Å². The number of fused-ring (bicyclic) bond motifs is 1. The molecule has 1 aromatic heterocycles. The van der Waals surface area contributed by atoms with Gasteiger partial charge in [0, 0.05) is 17.5 Å². The molecule has 0 spiro atoms. The van der Waals surface area contributed by atoms with Crippen molar-refractivity contribution in [1.82, 2.24) is 10.9 Å². The standard InChI is InChI=1S/C19H23N5O3/c1-11-15-13(22-24-18(20)26)9-19(2,3)10-14(15)27-16(11)17(25)23-21-12-7-5-4-6-8-12/h4-8,21H,9-10H2,1-3H3,(H,23,25)(H3,20,24,26)/b22-13-. The van der Waals surface area contributed by atoms with E-state index >= 15 is 0 Å². The lowest BCUT2D eigenvalue weighted by molar-refractivity contribution is 0.0931. The third-order valence-corrected chi connectivity index (χ3v) is 4.39. The largest absolute Gasteiger partial charge is 0.455 e. The molecule has 3 amide bonds. The number of nitrogens with two attached hydrogens (primary N) is 1. The molecule has 5 N–H and O–H groups in total. The predicted molar refractivity (Wildman–Crippen MR) is 102 cm³/mol. The van der Waals surface area contributed by atoms with Gasteiger partial charge in [-0.2, -0.15) is 5.10 Å². The van der Waals surface area contributed by atoms with Crippen molar-refractivity contribution in [3.05, 3.63) is 53.0 Å². The van der Waals surface area contributed by atoms with Crippen LogP contribution in [0, 0.1) is 12.3 Å². The number of carbonyl (C=O) groups is 2. The Kier molecular flexibility index (Phi) is 4.89. The first-order valence-corrected chi connectivity index (χ1v) is 8.63. The average molecular weight is 369 g/mol. The zero-order chi connectivity index (χ0) is 19.6. The van der Waals surface area contributed by atoms with Crippen molar-refractivity contribution in [3.8, 4) is 0 Å². The van der Waals surface area contributed by atoms with E-state index in [9.17, 15) is 9.59 Å². The first-order chi connectivity index (χ1) is 12.8. The predicted octanol–water partition coefficient (Wildman–Crippen LogP) is 2.69. The molecular formula is C19H23N5O3. The number of furan rings is 1. The molecule has 0 unspecified atom stereocenters. The fourth-order valence-corrected chi connectivity index (χ4v) is 3.26. The van der Waals surface area contributed by atoms with Crippen LogP contribution in [0.2, 0.25) is 0 Å². The minimum Gasteiger partial charge on any atom is -0.455 e. The van der Waals surface area contributed by atoms with E-state index in [0.717, 1.165) is 11.3 Å². The molecule has 0 saturated carbocycles. The van der Waals surface area contributed by atoms with Crippen LogP contribution in [0.3, 0.4) is 0 Å². The zero-order valence-corrected chi connectivity index (χ0v) is 15.6. The Bertz CT molecular complexity index is 900. The Balaban J connectivity index is 1.88. The average Bonchev–Trinajstić information content (AvgIpc) is 2.93. The van der Waals surface area contributed by atoms with Crippen molar-refractivity contribution in [3.63, 3.8) is 0 Å². The minimum absolute atomic E-state index is 0.120. The Labute approximate surface area is 157 Å². The van der Waals surface area contributed by atoms with Gasteiger partial charge in [-0.1, -0.05) is 32.0 Å². The summed E-state index contributed by atoms with van der Waals surface area (Å²) in [7, 11) is 0. The highest BCUT2D eigenvalue weighted by molar-refractivity contribution is 6.07. The van der Waals surface area contributed by atoms with Crippen LogP contribution in [0.25, 0.3) is 0 Å². The van der Waals surface area contributed by atoms with Gasteiger partial charge in [-0.15, -0.1) is 0 Å². The van der Waals surface area contributed by atoms with Crippen LogP contribution in [0.15, 0.2) is 39.9 Å². The third kappa shape index (κ3) is 4.11. The van der Waals surface area contributed by atoms with Gasteiger partial charge in [0.25, 0.3) is 0 Å². The van der Waals surface area contributed by atoms with Crippen molar-refractivity contribution in [2.24, 2.45) is 16.3 Å². The molecule has 0 fully saturated rings. The topological polar surface area (TPSA) is 122 Å². The van der Waals surface area contributed by atoms with E-state index < -0.39 is 6.03 Å². The maximum absolute atomic E-state index is 12.6. The summed E-state index contributed by atoms with van der Waals surface area (Å²) in [5, 5.41) is 4.13.